The van der Waals surface area contributed by atoms with E-state index >= 15 is 0 Å². The zero-order chi connectivity index (χ0) is 17.9. The molecule has 2 aromatic rings. The Morgan fingerprint density at radius 2 is 1.67 bits per heavy atom. The number of aryl methyl sites for hydroxylation is 2. The molecule has 0 atom stereocenters. The topological polar surface area (TPSA) is 81.5 Å². The minimum absolute atomic E-state index is 0.0122. The van der Waals surface area contributed by atoms with Crippen LogP contribution in [-0.2, 0) is 0 Å². The van der Waals surface area contributed by atoms with Crippen molar-refractivity contribution < 1.29 is 14.5 Å². The summed E-state index contributed by atoms with van der Waals surface area (Å²) >= 11 is 0. The summed E-state index contributed by atoms with van der Waals surface area (Å²) in [7, 11) is 0. The molecule has 24 heavy (non-hydrogen) atoms. The average Bonchev–Trinajstić information content (AvgIpc) is 2.50. The number of non-ortho nitro benzene ring substituents is 1. The van der Waals surface area contributed by atoms with E-state index in [-0.39, 0.29) is 17.7 Å². The molecule has 0 aromatic heterocycles. The fraction of sp³-hybridized carbons (Fsp3) is 0.278. The Balaban J connectivity index is 2.19. The van der Waals surface area contributed by atoms with Gasteiger partial charge in [0.2, 0.25) is 0 Å². The fourth-order valence-corrected chi connectivity index (χ4v) is 2.39. The maximum atomic E-state index is 12.4. The number of benzene rings is 2. The zero-order valence-corrected chi connectivity index (χ0v) is 14.1. The second kappa shape index (κ2) is 7.12. The van der Waals surface area contributed by atoms with Crippen LogP contribution < -0.4 is 10.1 Å². The molecular weight excluding hydrogens is 308 g/mol. The maximum absolute atomic E-state index is 12.4. The van der Waals surface area contributed by atoms with E-state index in [2.05, 4.69) is 5.32 Å². The predicted molar refractivity (Wildman–Crippen MR) is 92.7 cm³/mol. The van der Waals surface area contributed by atoms with Crippen molar-refractivity contribution in [1.29, 1.82) is 0 Å². The lowest BCUT2D eigenvalue weighted by atomic mass is 10.1. The van der Waals surface area contributed by atoms with Gasteiger partial charge in [-0.3, -0.25) is 14.9 Å². The molecule has 0 unspecified atom stereocenters. The van der Waals surface area contributed by atoms with Gasteiger partial charge in [-0.05, 0) is 63.1 Å². The van der Waals surface area contributed by atoms with Crippen LogP contribution in [0.25, 0.3) is 0 Å². The first-order valence-electron chi connectivity index (χ1n) is 7.61. The summed E-state index contributed by atoms with van der Waals surface area (Å²) in [5.41, 5.74) is 2.39. The van der Waals surface area contributed by atoms with Gasteiger partial charge in [-0.15, -0.1) is 0 Å². The first kappa shape index (κ1) is 17.5. The Morgan fingerprint density at radius 1 is 1.12 bits per heavy atom. The van der Waals surface area contributed by atoms with Gasteiger partial charge in [-0.2, -0.15) is 0 Å². The van der Waals surface area contributed by atoms with Gasteiger partial charge in [0.15, 0.2) is 0 Å². The first-order chi connectivity index (χ1) is 11.3. The molecule has 0 heterocycles. The van der Waals surface area contributed by atoms with Gasteiger partial charge >= 0.3 is 0 Å². The Labute approximate surface area is 140 Å². The number of nitrogens with zero attached hydrogens (tertiary/aromatic N) is 1. The third-order valence-corrected chi connectivity index (χ3v) is 3.46. The summed E-state index contributed by atoms with van der Waals surface area (Å²) in [5.74, 6) is 0.426. The Hall–Kier alpha value is -2.89. The molecule has 126 valence electrons. The lowest BCUT2D eigenvalue weighted by Gasteiger charge is -2.13. The summed E-state index contributed by atoms with van der Waals surface area (Å²) in [6.07, 6.45) is 0.0649. The lowest BCUT2D eigenvalue weighted by Crippen LogP contribution is -2.14. The van der Waals surface area contributed by atoms with E-state index in [0.29, 0.717) is 28.1 Å². The number of nitro benzene ring substituents is 1. The Kier molecular flexibility index (Phi) is 5.18. The lowest BCUT2D eigenvalue weighted by molar-refractivity contribution is -0.384. The predicted octanol–water partition coefficient (Wildman–Crippen LogP) is 4.25. The highest BCUT2D eigenvalue weighted by Gasteiger charge is 2.15. The number of nitro groups is 1. The zero-order valence-electron chi connectivity index (χ0n) is 14.1. The molecule has 0 aliphatic heterocycles. The second-order valence-electron chi connectivity index (χ2n) is 5.86. The monoisotopic (exact) mass is 328 g/mol. The molecule has 0 saturated heterocycles. The van der Waals surface area contributed by atoms with Gasteiger partial charge in [-0.25, -0.2) is 0 Å². The van der Waals surface area contributed by atoms with Gasteiger partial charge in [0.1, 0.15) is 5.75 Å². The van der Waals surface area contributed by atoms with Crippen LogP contribution in [0.3, 0.4) is 0 Å². The highest BCUT2D eigenvalue weighted by Crippen LogP contribution is 2.26. The molecule has 0 radical (unpaired) electrons. The third kappa shape index (κ3) is 4.10. The molecular formula is C18H20N2O4. The molecule has 2 rings (SSSR count). The number of carbonyl (C=O) groups excluding carboxylic acids is 1. The molecule has 6 nitrogen and oxygen atoms in total. The minimum atomic E-state index is -0.445. The number of ether oxygens (including phenoxy) is 1. The molecule has 0 saturated carbocycles. The second-order valence-corrected chi connectivity index (χ2v) is 5.86. The van der Waals surface area contributed by atoms with Crippen LogP contribution >= 0.6 is 0 Å². The van der Waals surface area contributed by atoms with Crippen LogP contribution in [0, 0.1) is 24.0 Å². The van der Waals surface area contributed by atoms with Crippen molar-refractivity contribution in [2.45, 2.75) is 33.8 Å². The molecule has 0 bridgehead atoms. The van der Waals surface area contributed by atoms with E-state index < -0.39 is 4.92 Å². The van der Waals surface area contributed by atoms with Crippen molar-refractivity contribution in [3.05, 3.63) is 63.2 Å². The van der Waals surface area contributed by atoms with Gasteiger partial charge in [0.25, 0.3) is 11.6 Å². The van der Waals surface area contributed by atoms with Crippen LogP contribution in [0.2, 0.25) is 0 Å². The number of anilines is 1. The summed E-state index contributed by atoms with van der Waals surface area (Å²) in [6.45, 7) is 7.33. The maximum Gasteiger partial charge on any atom is 0.270 e. The van der Waals surface area contributed by atoms with Crippen molar-refractivity contribution in [2.75, 3.05) is 5.32 Å². The molecule has 0 aliphatic carbocycles. The Bertz CT molecular complexity index is 744. The van der Waals surface area contributed by atoms with Gasteiger partial charge in [0, 0.05) is 23.4 Å². The summed E-state index contributed by atoms with van der Waals surface area (Å²) in [5, 5.41) is 13.7. The molecule has 6 heteroatoms. The van der Waals surface area contributed by atoms with Crippen molar-refractivity contribution in [1.82, 2.24) is 0 Å². The average molecular weight is 328 g/mol. The molecule has 2 aromatic carbocycles. The summed E-state index contributed by atoms with van der Waals surface area (Å²) in [4.78, 5) is 22.8. The van der Waals surface area contributed by atoms with Crippen LogP contribution in [0.15, 0.2) is 36.4 Å². The van der Waals surface area contributed by atoms with Crippen LogP contribution in [0.5, 0.6) is 5.75 Å². The smallest absolute Gasteiger partial charge is 0.270 e. The van der Waals surface area contributed by atoms with Crippen LogP contribution in [0.4, 0.5) is 11.4 Å². The van der Waals surface area contributed by atoms with E-state index in [1.54, 1.807) is 38.1 Å². The van der Waals surface area contributed by atoms with E-state index in [4.69, 9.17) is 4.74 Å². The molecule has 0 spiro atoms. The normalized spacial score (nSPS) is 10.5. The largest absolute Gasteiger partial charge is 0.491 e. The van der Waals surface area contributed by atoms with E-state index in [1.807, 2.05) is 13.8 Å². The standard InChI is InChI=1S/C18H20N2O4/c1-11(2)24-16-7-5-14(6-8-16)18(21)19-17-12(3)9-15(20(22)23)10-13(17)4/h5-11H,1-4H3,(H,19,21). The first-order valence-corrected chi connectivity index (χ1v) is 7.61. The van der Waals surface area contributed by atoms with Crippen molar-refractivity contribution in [2.24, 2.45) is 0 Å². The van der Waals surface area contributed by atoms with Crippen LogP contribution in [0.1, 0.15) is 35.3 Å². The molecule has 0 aliphatic rings. The third-order valence-electron chi connectivity index (χ3n) is 3.46. The Morgan fingerprint density at radius 3 is 2.12 bits per heavy atom. The number of rotatable bonds is 5. The van der Waals surface area contributed by atoms with E-state index in [1.165, 1.54) is 12.1 Å². The van der Waals surface area contributed by atoms with Crippen molar-refractivity contribution >= 4 is 17.3 Å². The quantitative estimate of drug-likeness (QED) is 0.657. The van der Waals surface area contributed by atoms with E-state index in [9.17, 15) is 14.9 Å². The fourth-order valence-electron chi connectivity index (χ4n) is 2.39. The van der Waals surface area contributed by atoms with Gasteiger partial charge < -0.3 is 10.1 Å². The molecule has 0 fully saturated rings. The van der Waals surface area contributed by atoms with Gasteiger partial charge in [-0.1, -0.05) is 0 Å². The van der Waals surface area contributed by atoms with E-state index in [0.717, 1.165) is 0 Å². The summed E-state index contributed by atoms with van der Waals surface area (Å²) < 4.78 is 5.55. The number of hydrogen-bond acceptors (Lipinski definition) is 4. The van der Waals surface area contributed by atoms with Crippen LogP contribution in [-0.4, -0.2) is 16.9 Å². The summed E-state index contributed by atoms with van der Waals surface area (Å²) in [6, 6.07) is 9.74. The SMILES string of the molecule is Cc1cc([N+](=O)[O-])cc(C)c1NC(=O)c1ccc(OC(C)C)cc1. The number of amides is 1. The molecule has 1 N–H and O–H groups in total. The minimum Gasteiger partial charge on any atom is -0.491 e. The van der Waals surface area contributed by atoms with Crippen molar-refractivity contribution in [3.8, 4) is 5.75 Å². The highest BCUT2D eigenvalue weighted by molar-refractivity contribution is 6.05. The molecule has 1 amide bonds. The van der Waals surface area contributed by atoms with Gasteiger partial charge in [0.05, 0.1) is 11.0 Å². The number of hydrogen-bond donors (Lipinski definition) is 1. The number of nitrogens with one attached hydrogen (secondary N) is 1. The highest BCUT2D eigenvalue weighted by atomic mass is 16.6. The van der Waals surface area contributed by atoms with Crippen molar-refractivity contribution in [3.63, 3.8) is 0 Å². The number of carbonyl (C=O) groups is 1.